The number of amides is 1. The van der Waals surface area contributed by atoms with Crippen LogP contribution in [0.15, 0.2) is 77.7 Å². The van der Waals surface area contributed by atoms with E-state index in [4.69, 9.17) is 4.74 Å². The van der Waals surface area contributed by atoms with Crippen LogP contribution in [0, 0.1) is 6.92 Å². The van der Waals surface area contributed by atoms with E-state index in [0.717, 1.165) is 17.7 Å². The van der Waals surface area contributed by atoms with E-state index in [0.29, 0.717) is 36.7 Å². The number of alkyl halides is 3. The van der Waals surface area contributed by atoms with E-state index in [-0.39, 0.29) is 24.4 Å². The normalized spacial score (nSPS) is 15.1. The molecule has 0 bridgehead atoms. The number of rotatable bonds is 9. The molecule has 1 atom stereocenters. The number of anilines is 1. The van der Waals surface area contributed by atoms with Gasteiger partial charge in [-0.25, -0.2) is 8.42 Å². The Morgan fingerprint density at radius 2 is 1.68 bits per heavy atom. The fourth-order valence-electron chi connectivity index (χ4n) is 4.68. The Balaban J connectivity index is 1.51. The minimum absolute atomic E-state index is 0.0219. The van der Waals surface area contributed by atoms with Gasteiger partial charge in [0.25, 0.3) is 0 Å². The lowest BCUT2D eigenvalue weighted by Crippen LogP contribution is -2.55. The summed E-state index contributed by atoms with van der Waals surface area (Å²) in [4.78, 5) is 17.0. The van der Waals surface area contributed by atoms with E-state index in [1.54, 1.807) is 28.9 Å². The minimum Gasteiger partial charge on any atom is -0.494 e. The van der Waals surface area contributed by atoms with Gasteiger partial charge in [0.15, 0.2) is 0 Å². The summed E-state index contributed by atoms with van der Waals surface area (Å²) in [5.74, 6) is 0.191. The summed E-state index contributed by atoms with van der Waals surface area (Å²) in [6.45, 7) is 5.14. The molecule has 11 heteroatoms. The van der Waals surface area contributed by atoms with E-state index in [2.05, 4.69) is 4.72 Å². The predicted molar refractivity (Wildman–Crippen MR) is 147 cm³/mol. The standard InChI is InChI=1S/C29H32F3N3O4S/c1-3-39-27-13-12-25(18-21(27)2)40(37,38)33-26(19-22-8-5-4-6-9-22)28(36)35-16-14-34(15-17-35)24-11-7-10-23(20-24)29(30,31)32/h4-13,18,20,26,33H,3,14-17,19H2,1-2H3/t26-/m0/s1. The summed E-state index contributed by atoms with van der Waals surface area (Å²) in [7, 11) is -4.06. The smallest absolute Gasteiger partial charge is 0.416 e. The van der Waals surface area contributed by atoms with Crippen molar-refractivity contribution in [1.82, 2.24) is 9.62 Å². The van der Waals surface area contributed by atoms with Gasteiger partial charge >= 0.3 is 6.18 Å². The number of nitrogens with zero attached hydrogens (tertiary/aromatic N) is 2. The molecular formula is C29H32F3N3O4S. The van der Waals surface area contributed by atoms with Gasteiger partial charge < -0.3 is 14.5 Å². The Kier molecular flexibility index (Phi) is 9.05. The topological polar surface area (TPSA) is 78.9 Å². The molecule has 1 aliphatic rings. The summed E-state index contributed by atoms with van der Waals surface area (Å²) < 4.78 is 74.4. The van der Waals surface area contributed by atoms with Crippen LogP contribution < -0.4 is 14.4 Å². The molecule has 0 aromatic heterocycles. The number of carbonyl (C=O) groups excluding carboxylic acids is 1. The molecule has 7 nitrogen and oxygen atoms in total. The molecule has 1 amide bonds. The first-order chi connectivity index (χ1) is 19.0. The molecule has 214 valence electrons. The van der Waals surface area contributed by atoms with Crippen molar-refractivity contribution in [2.45, 2.75) is 37.4 Å². The highest BCUT2D eigenvalue weighted by Gasteiger charge is 2.33. The Morgan fingerprint density at radius 1 is 0.975 bits per heavy atom. The van der Waals surface area contributed by atoms with Crippen molar-refractivity contribution in [3.05, 3.63) is 89.5 Å². The van der Waals surface area contributed by atoms with Crippen molar-refractivity contribution in [3.8, 4) is 5.75 Å². The second-order valence-electron chi connectivity index (χ2n) is 9.58. The van der Waals surface area contributed by atoms with Crippen LogP contribution in [0.2, 0.25) is 0 Å². The van der Waals surface area contributed by atoms with Gasteiger partial charge in [-0.3, -0.25) is 4.79 Å². The molecule has 0 spiro atoms. The van der Waals surface area contributed by atoms with E-state index >= 15 is 0 Å². The van der Waals surface area contributed by atoms with Gasteiger partial charge in [-0.2, -0.15) is 17.9 Å². The summed E-state index contributed by atoms with van der Waals surface area (Å²) in [6, 6.07) is 17.7. The first kappa shape index (κ1) is 29.4. The molecule has 40 heavy (non-hydrogen) atoms. The van der Waals surface area contributed by atoms with Crippen molar-refractivity contribution in [3.63, 3.8) is 0 Å². The maximum absolute atomic E-state index is 13.7. The third kappa shape index (κ3) is 7.14. The van der Waals surface area contributed by atoms with Crippen LogP contribution in [0.3, 0.4) is 0 Å². The third-order valence-corrected chi connectivity index (χ3v) is 8.23. The van der Waals surface area contributed by atoms with Gasteiger partial charge in [-0.15, -0.1) is 0 Å². The summed E-state index contributed by atoms with van der Waals surface area (Å²) in [6.07, 6.45) is -4.31. The van der Waals surface area contributed by atoms with Crippen molar-refractivity contribution in [2.24, 2.45) is 0 Å². The largest absolute Gasteiger partial charge is 0.494 e. The second-order valence-corrected chi connectivity index (χ2v) is 11.3. The monoisotopic (exact) mass is 575 g/mol. The van der Waals surface area contributed by atoms with E-state index in [9.17, 15) is 26.4 Å². The Morgan fingerprint density at radius 3 is 2.30 bits per heavy atom. The molecule has 1 N–H and O–H groups in total. The van der Waals surface area contributed by atoms with E-state index in [1.807, 2.05) is 37.3 Å². The zero-order valence-corrected chi connectivity index (χ0v) is 23.1. The van der Waals surface area contributed by atoms with Crippen molar-refractivity contribution in [2.75, 3.05) is 37.7 Å². The van der Waals surface area contributed by atoms with Gasteiger partial charge in [0, 0.05) is 31.9 Å². The highest BCUT2D eigenvalue weighted by Crippen LogP contribution is 2.32. The SMILES string of the molecule is CCOc1ccc(S(=O)(=O)N[C@@H](Cc2ccccc2)C(=O)N2CCN(c3cccc(C(F)(F)F)c3)CC2)cc1C. The lowest BCUT2D eigenvalue weighted by molar-refractivity contribution is -0.137. The Bertz CT molecular complexity index is 1420. The summed E-state index contributed by atoms with van der Waals surface area (Å²) in [5.41, 5.74) is 1.13. The lowest BCUT2D eigenvalue weighted by Gasteiger charge is -2.38. The molecular weight excluding hydrogens is 543 g/mol. The van der Waals surface area contributed by atoms with E-state index in [1.165, 1.54) is 18.2 Å². The predicted octanol–water partition coefficient (Wildman–Crippen LogP) is 4.65. The molecule has 3 aromatic rings. The third-order valence-electron chi connectivity index (χ3n) is 6.76. The number of sulfonamides is 1. The number of hydrogen-bond acceptors (Lipinski definition) is 5. The maximum atomic E-state index is 13.7. The first-order valence-corrected chi connectivity index (χ1v) is 14.5. The number of nitrogens with one attached hydrogen (secondary N) is 1. The zero-order chi connectivity index (χ0) is 28.9. The van der Waals surface area contributed by atoms with Crippen LogP contribution in [0.4, 0.5) is 18.9 Å². The number of piperazine rings is 1. The van der Waals surface area contributed by atoms with Crippen LogP contribution in [0.25, 0.3) is 0 Å². The Hall–Kier alpha value is -3.57. The molecule has 1 heterocycles. The van der Waals surface area contributed by atoms with Crippen LogP contribution in [-0.2, 0) is 27.4 Å². The van der Waals surface area contributed by atoms with Crippen LogP contribution >= 0.6 is 0 Å². The van der Waals surface area contributed by atoms with Gasteiger partial charge in [0.2, 0.25) is 15.9 Å². The van der Waals surface area contributed by atoms with Crippen molar-refractivity contribution >= 4 is 21.6 Å². The van der Waals surface area contributed by atoms with Gasteiger partial charge in [0.05, 0.1) is 17.1 Å². The molecule has 0 unspecified atom stereocenters. The number of hydrogen-bond donors (Lipinski definition) is 1. The second kappa shape index (κ2) is 12.3. The van der Waals surface area contributed by atoms with Gasteiger partial charge in [-0.1, -0.05) is 36.4 Å². The number of ether oxygens (including phenoxy) is 1. The molecule has 0 aliphatic carbocycles. The molecule has 1 fully saturated rings. The Labute approximate surface area is 232 Å². The molecule has 1 aliphatic heterocycles. The van der Waals surface area contributed by atoms with Gasteiger partial charge in [-0.05, 0) is 67.8 Å². The summed E-state index contributed by atoms with van der Waals surface area (Å²) >= 11 is 0. The zero-order valence-electron chi connectivity index (χ0n) is 22.3. The first-order valence-electron chi connectivity index (χ1n) is 13.0. The van der Waals surface area contributed by atoms with Gasteiger partial charge in [0.1, 0.15) is 11.8 Å². The fraction of sp³-hybridized carbons (Fsp3) is 0.345. The molecule has 3 aromatic carbocycles. The average molecular weight is 576 g/mol. The van der Waals surface area contributed by atoms with Crippen LogP contribution in [-0.4, -0.2) is 58.1 Å². The van der Waals surface area contributed by atoms with Crippen molar-refractivity contribution in [1.29, 1.82) is 0 Å². The summed E-state index contributed by atoms with van der Waals surface area (Å²) in [5, 5.41) is 0. The maximum Gasteiger partial charge on any atom is 0.416 e. The average Bonchev–Trinajstić information content (AvgIpc) is 2.93. The fourth-order valence-corrected chi connectivity index (χ4v) is 5.95. The highest BCUT2D eigenvalue weighted by molar-refractivity contribution is 7.89. The van der Waals surface area contributed by atoms with Crippen LogP contribution in [0.5, 0.6) is 5.75 Å². The number of halogens is 3. The van der Waals surface area contributed by atoms with Crippen LogP contribution in [0.1, 0.15) is 23.6 Å². The van der Waals surface area contributed by atoms with E-state index < -0.39 is 33.7 Å². The van der Waals surface area contributed by atoms with Crippen molar-refractivity contribution < 1.29 is 31.1 Å². The molecule has 0 saturated carbocycles. The number of carbonyl (C=O) groups is 1. The molecule has 4 rings (SSSR count). The number of aryl methyl sites for hydroxylation is 1. The highest BCUT2D eigenvalue weighted by atomic mass is 32.2. The lowest BCUT2D eigenvalue weighted by atomic mass is 10.1. The molecule has 1 saturated heterocycles. The molecule has 0 radical (unpaired) electrons. The quantitative estimate of drug-likeness (QED) is 0.402. The minimum atomic E-state index is -4.45. The number of benzene rings is 3.